The normalized spacial score (nSPS) is 15.3. The van der Waals surface area contributed by atoms with Gasteiger partial charge in [-0.25, -0.2) is 13.1 Å². The molecule has 0 radical (unpaired) electrons. The van der Waals surface area contributed by atoms with Crippen LogP contribution in [0, 0.1) is 12.8 Å². The van der Waals surface area contributed by atoms with Crippen molar-refractivity contribution in [2.24, 2.45) is 5.92 Å². The SMILES string of the molecule is CC[C@@H](CC(F)(F)F)[C@@H](CO)NS(=O)(=O)c1sc2ccc(Cl)cc2c1C. The lowest BCUT2D eigenvalue weighted by Gasteiger charge is -2.26. The largest absolute Gasteiger partial charge is 0.395 e. The van der Waals surface area contributed by atoms with Crippen molar-refractivity contribution in [3.8, 4) is 0 Å². The van der Waals surface area contributed by atoms with Gasteiger partial charge >= 0.3 is 6.18 Å². The fourth-order valence-corrected chi connectivity index (χ4v) is 6.06. The van der Waals surface area contributed by atoms with Crippen LogP contribution in [-0.4, -0.2) is 32.3 Å². The molecule has 2 N–H and O–H groups in total. The highest BCUT2D eigenvalue weighted by Gasteiger charge is 2.36. The average molecular weight is 430 g/mol. The summed E-state index contributed by atoms with van der Waals surface area (Å²) >= 11 is 6.95. The Labute approximate surface area is 159 Å². The summed E-state index contributed by atoms with van der Waals surface area (Å²) in [5, 5.41) is 10.6. The number of hydrogen-bond acceptors (Lipinski definition) is 4. The van der Waals surface area contributed by atoms with E-state index in [0.29, 0.717) is 20.7 Å². The van der Waals surface area contributed by atoms with Crippen molar-refractivity contribution >= 4 is 43.0 Å². The van der Waals surface area contributed by atoms with Crippen LogP contribution in [0.5, 0.6) is 0 Å². The number of thiophene rings is 1. The first-order valence-corrected chi connectivity index (χ1v) is 10.5. The van der Waals surface area contributed by atoms with Gasteiger partial charge in [-0.1, -0.05) is 24.9 Å². The summed E-state index contributed by atoms with van der Waals surface area (Å²) in [6.07, 6.45) is -5.53. The van der Waals surface area contributed by atoms with E-state index in [9.17, 15) is 26.7 Å². The lowest BCUT2D eigenvalue weighted by atomic mass is 9.94. The highest BCUT2D eigenvalue weighted by molar-refractivity contribution is 7.91. The molecule has 10 heteroatoms. The minimum Gasteiger partial charge on any atom is -0.395 e. The number of hydrogen-bond donors (Lipinski definition) is 2. The Bertz CT molecular complexity index is 881. The van der Waals surface area contributed by atoms with Crippen LogP contribution in [0.2, 0.25) is 5.02 Å². The molecule has 0 bridgehead atoms. The third kappa shape index (κ3) is 4.89. The lowest BCUT2D eigenvalue weighted by Crippen LogP contribution is -2.44. The van der Waals surface area contributed by atoms with Gasteiger partial charge in [-0.2, -0.15) is 13.2 Å². The van der Waals surface area contributed by atoms with Crippen molar-refractivity contribution in [2.75, 3.05) is 6.61 Å². The highest BCUT2D eigenvalue weighted by Crippen LogP contribution is 2.36. The van der Waals surface area contributed by atoms with Crippen molar-refractivity contribution in [1.82, 2.24) is 4.72 Å². The zero-order valence-corrected chi connectivity index (χ0v) is 16.5. The Morgan fingerprint density at radius 3 is 2.54 bits per heavy atom. The second kappa shape index (κ2) is 8.02. The topological polar surface area (TPSA) is 66.4 Å². The predicted molar refractivity (Wildman–Crippen MR) is 97.2 cm³/mol. The highest BCUT2D eigenvalue weighted by atomic mass is 35.5. The van der Waals surface area contributed by atoms with E-state index in [1.54, 1.807) is 25.1 Å². The average Bonchev–Trinajstić information content (AvgIpc) is 2.87. The second-order valence-corrected chi connectivity index (χ2v) is 9.45. The first-order valence-electron chi connectivity index (χ1n) is 7.87. The summed E-state index contributed by atoms with van der Waals surface area (Å²) in [5.74, 6) is -1.06. The van der Waals surface area contributed by atoms with Gasteiger partial charge in [0, 0.05) is 22.2 Å². The van der Waals surface area contributed by atoms with Gasteiger partial charge in [0.05, 0.1) is 6.61 Å². The zero-order chi connectivity index (χ0) is 19.7. The van der Waals surface area contributed by atoms with Crippen molar-refractivity contribution < 1.29 is 26.7 Å². The van der Waals surface area contributed by atoms with Gasteiger partial charge in [-0.3, -0.25) is 0 Å². The number of nitrogens with one attached hydrogen (secondary N) is 1. The van der Waals surface area contributed by atoms with Crippen LogP contribution in [0.4, 0.5) is 13.2 Å². The molecule has 0 saturated carbocycles. The maximum atomic E-state index is 12.7. The monoisotopic (exact) mass is 429 g/mol. The van der Waals surface area contributed by atoms with Gasteiger partial charge < -0.3 is 5.11 Å². The fraction of sp³-hybridized carbons (Fsp3) is 0.500. The van der Waals surface area contributed by atoms with Crippen LogP contribution in [-0.2, 0) is 10.0 Å². The molecule has 1 heterocycles. The van der Waals surface area contributed by atoms with Crippen molar-refractivity contribution in [3.05, 3.63) is 28.8 Å². The number of halogens is 4. The summed E-state index contributed by atoms with van der Waals surface area (Å²) in [6, 6.07) is 3.75. The summed E-state index contributed by atoms with van der Waals surface area (Å²) in [7, 11) is -4.09. The van der Waals surface area contributed by atoms with E-state index >= 15 is 0 Å². The van der Waals surface area contributed by atoms with Crippen LogP contribution < -0.4 is 4.72 Å². The number of benzene rings is 1. The molecule has 26 heavy (non-hydrogen) atoms. The maximum absolute atomic E-state index is 12.7. The zero-order valence-electron chi connectivity index (χ0n) is 14.1. The molecule has 0 aliphatic rings. The third-order valence-corrected chi connectivity index (χ3v) is 7.81. The van der Waals surface area contributed by atoms with Gasteiger partial charge in [-0.15, -0.1) is 11.3 Å². The van der Waals surface area contributed by atoms with Crippen LogP contribution >= 0.6 is 22.9 Å². The number of fused-ring (bicyclic) bond motifs is 1. The van der Waals surface area contributed by atoms with Gasteiger partial charge in [0.15, 0.2) is 0 Å². The second-order valence-electron chi connectivity index (χ2n) is 6.05. The maximum Gasteiger partial charge on any atom is 0.389 e. The van der Waals surface area contributed by atoms with Crippen molar-refractivity contribution in [2.45, 2.75) is 43.1 Å². The van der Waals surface area contributed by atoms with E-state index in [1.807, 2.05) is 0 Å². The molecule has 0 unspecified atom stereocenters. The Morgan fingerprint density at radius 2 is 2.00 bits per heavy atom. The van der Waals surface area contributed by atoms with Gasteiger partial charge in [0.1, 0.15) is 4.21 Å². The molecule has 2 atom stereocenters. The molecule has 4 nitrogen and oxygen atoms in total. The standard InChI is InChI=1S/C16H19ClF3NO3S2/c1-3-10(7-16(18,19)20)13(8-22)21-26(23,24)15-9(2)12-6-11(17)4-5-14(12)25-15/h4-6,10,13,21-22H,3,7-8H2,1-2H3/t10-,13+/m0/s1. The van der Waals surface area contributed by atoms with E-state index in [4.69, 9.17) is 11.6 Å². The number of alkyl halides is 3. The Hall–Kier alpha value is -0.870. The number of aliphatic hydroxyl groups excluding tert-OH is 1. The minimum atomic E-state index is -4.44. The number of sulfonamides is 1. The molecule has 0 aliphatic heterocycles. The molecule has 0 aliphatic carbocycles. The third-order valence-electron chi connectivity index (χ3n) is 4.19. The first kappa shape index (κ1) is 21.4. The fourth-order valence-electron chi connectivity index (χ4n) is 2.83. The number of aryl methyl sites for hydroxylation is 1. The molecule has 0 amide bonds. The van der Waals surface area contributed by atoms with Crippen LogP contribution in [0.3, 0.4) is 0 Å². The van der Waals surface area contributed by atoms with Crippen LogP contribution in [0.25, 0.3) is 10.1 Å². The van der Waals surface area contributed by atoms with E-state index in [0.717, 1.165) is 11.3 Å². The summed E-state index contributed by atoms with van der Waals surface area (Å²) in [6.45, 7) is 2.42. The lowest BCUT2D eigenvalue weighted by molar-refractivity contribution is -0.147. The number of rotatable bonds is 7. The van der Waals surface area contributed by atoms with Crippen LogP contribution in [0.15, 0.2) is 22.4 Å². The molecule has 0 saturated heterocycles. The van der Waals surface area contributed by atoms with Gasteiger partial charge in [0.2, 0.25) is 0 Å². The Morgan fingerprint density at radius 1 is 1.35 bits per heavy atom. The molecule has 1 aromatic heterocycles. The van der Waals surface area contributed by atoms with E-state index in [1.165, 1.54) is 6.92 Å². The summed E-state index contributed by atoms with van der Waals surface area (Å²) in [4.78, 5) is 0. The quantitative estimate of drug-likeness (QED) is 0.681. The van der Waals surface area contributed by atoms with Crippen molar-refractivity contribution in [1.29, 1.82) is 0 Å². The smallest absolute Gasteiger partial charge is 0.389 e. The van der Waals surface area contributed by atoms with E-state index < -0.39 is 41.2 Å². The molecule has 2 aromatic rings. The van der Waals surface area contributed by atoms with Crippen molar-refractivity contribution in [3.63, 3.8) is 0 Å². The first-order chi connectivity index (χ1) is 12.0. The molecule has 1 aromatic carbocycles. The van der Waals surface area contributed by atoms with E-state index in [2.05, 4.69) is 4.72 Å². The van der Waals surface area contributed by atoms with E-state index in [-0.39, 0.29) is 10.6 Å². The van der Waals surface area contributed by atoms with Crippen LogP contribution in [0.1, 0.15) is 25.3 Å². The molecule has 0 fully saturated rings. The number of aliphatic hydroxyl groups is 1. The molecule has 2 rings (SSSR count). The molecule has 146 valence electrons. The minimum absolute atomic E-state index is 0.00933. The van der Waals surface area contributed by atoms with Gasteiger partial charge in [-0.05, 0) is 42.0 Å². The molecular weight excluding hydrogens is 411 g/mol. The summed E-state index contributed by atoms with van der Waals surface area (Å²) < 4.78 is 66.6. The molecular formula is C16H19ClF3NO3S2. The predicted octanol–water partition coefficient (Wildman–Crippen LogP) is 4.48. The summed E-state index contributed by atoms with van der Waals surface area (Å²) in [5.41, 5.74) is 0.473. The molecule has 0 spiro atoms. The Kier molecular flexibility index (Phi) is 6.61. The Balaban J connectivity index is 2.36. The van der Waals surface area contributed by atoms with Gasteiger partial charge in [0.25, 0.3) is 10.0 Å².